The van der Waals surface area contributed by atoms with Crippen molar-refractivity contribution in [2.24, 2.45) is 5.73 Å². The second kappa shape index (κ2) is 7.35. The Balaban J connectivity index is 2.53. The van der Waals surface area contributed by atoms with E-state index in [1.165, 1.54) is 6.20 Å². The lowest BCUT2D eigenvalue weighted by Crippen LogP contribution is -2.17. The number of hydrogen-bond acceptors (Lipinski definition) is 4. The van der Waals surface area contributed by atoms with Gasteiger partial charge in [-0.1, -0.05) is 36.4 Å². The molecule has 0 aliphatic rings. The van der Waals surface area contributed by atoms with Gasteiger partial charge < -0.3 is 10.5 Å². The molecule has 0 bridgehead atoms. The molecule has 0 aliphatic heterocycles. The quantitative estimate of drug-likeness (QED) is 0.680. The Bertz CT molecular complexity index is 752. The lowest BCUT2D eigenvalue weighted by molar-refractivity contribution is -0.136. The first-order chi connectivity index (χ1) is 11.1. The van der Waals surface area contributed by atoms with Crippen molar-refractivity contribution in [2.45, 2.75) is 13.8 Å². The Morgan fingerprint density at radius 2 is 1.91 bits per heavy atom. The van der Waals surface area contributed by atoms with Gasteiger partial charge in [-0.3, -0.25) is 9.78 Å². The fraction of sp³-hybridized carbons (Fsp3) is 0.167. The number of hydrogen-bond donors (Lipinski definition) is 1. The number of esters is 1. The predicted molar refractivity (Wildman–Crippen MR) is 88.5 cm³/mol. The van der Waals surface area contributed by atoms with Gasteiger partial charge in [-0.25, -0.2) is 4.79 Å². The summed E-state index contributed by atoms with van der Waals surface area (Å²) in [6.07, 6.45) is 3.07. The third kappa shape index (κ3) is 3.63. The summed E-state index contributed by atoms with van der Waals surface area (Å²) in [6.45, 7) is 3.66. The van der Waals surface area contributed by atoms with E-state index in [-0.39, 0.29) is 17.7 Å². The second-order valence-corrected chi connectivity index (χ2v) is 4.77. The summed E-state index contributed by atoms with van der Waals surface area (Å²) >= 11 is 0. The minimum absolute atomic E-state index is 0.236. The van der Waals surface area contributed by atoms with Crippen LogP contribution in [0, 0.1) is 0 Å². The van der Waals surface area contributed by atoms with Crippen molar-refractivity contribution in [3.63, 3.8) is 0 Å². The summed E-state index contributed by atoms with van der Waals surface area (Å²) in [6, 6.07) is 11.0. The zero-order chi connectivity index (χ0) is 16.8. The van der Waals surface area contributed by atoms with Crippen LogP contribution in [0.4, 0.5) is 0 Å². The smallest absolute Gasteiger partial charge is 0.338 e. The predicted octanol–water partition coefficient (Wildman–Crippen LogP) is 2.81. The zero-order valence-electron chi connectivity index (χ0n) is 13.1. The average molecular weight is 310 g/mol. The number of ether oxygens (including phenoxy) is 1. The van der Waals surface area contributed by atoms with Gasteiger partial charge in [0, 0.05) is 17.3 Å². The summed E-state index contributed by atoms with van der Waals surface area (Å²) in [5.41, 5.74) is 7.84. The van der Waals surface area contributed by atoms with Crippen LogP contribution in [0.3, 0.4) is 0 Å². The van der Waals surface area contributed by atoms with Crippen LogP contribution in [0.25, 0.3) is 16.8 Å². The van der Waals surface area contributed by atoms with Gasteiger partial charge >= 0.3 is 5.97 Å². The molecule has 0 atom stereocenters. The summed E-state index contributed by atoms with van der Waals surface area (Å²) in [5, 5.41) is 0. The molecule has 0 radical (unpaired) electrons. The number of amides is 1. The molecular formula is C18H18N2O3. The van der Waals surface area contributed by atoms with E-state index >= 15 is 0 Å². The number of aromatic nitrogens is 1. The van der Waals surface area contributed by atoms with Crippen molar-refractivity contribution in [1.29, 1.82) is 0 Å². The second-order valence-electron chi connectivity index (χ2n) is 4.77. The van der Waals surface area contributed by atoms with E-state index in [1.807, 2.05) is 30.3 Å². The maximum Gasteiger partial charge on any atom is 0.338 e. The molecule has 1 aromatic heterocycles. The Morgan fingerprint density at radius 3 is 2.48 bits per heavy atom. The molecule has 5 nitrogen and oxygen atoms in total. The monoisotopic (exact) mass is 310 g/mol. The van der Waals surface area contributed by atoms with Crippen molar-refractivity contribution in [3.8, 4) is 11.3 Å². The zero-order valence-corrected chi connectivity index (χ0v) is 13.1. The van der Waals surface area contributed by atoms with Crippen molar-refractivity contribution in [3.05, 3.63) is 59.8 Å². The normalized spacial score (nSPS) is 11.1. The maximum absolute atomic E-state index is 12.0. The maximum atomic E-state index is 12.0. The molecule has 1 heterocycles. The number of primary amides is 1. The Labute approximate surface area is 134 Å². The highest BCUT2D eigenvalue weighted by Gasteiger charge is 2.20. The fourth-order valence-corrected chi connectivity index (χ4v) is 2.23. The van der Waals surface area contributed by atoms with Crippen LogP contribution in [-0.4, -0.2) is 23.5 Å². The van der Waals surface area contributed by atoms with Gasteiger partial charge in [-0.05, 0) is 19.9 Å². The summed E-state index contributed by atoms with van der Waals surface area (Å²) in [4.78, 5) is 28.2. The summed E-state index contributed by atoms with van der Waals surface area (Å²) < 4.78 is 5.01. The molecule has 0 spiro atoms. The van der Waals surface area contributed by atoms with Crippen LogP contribution >= 0.6 is 0 Å². The number of nitrogens with zero attached hydrogens (tertiary/aromatic N) is 1. The number of rotatable bonds is 5. The van der Waals surface area contributed by atoms with Crippen molar-refractivity contribution >= 4 is 17.4 Å². The average Bonchev–Trinajstić information content (AvgIpc) is 2.56. The molecule has 0 aliphatic carbocycles. The number of benzene rings is 1. The van der Waals surface area contributed by atoms with Crippen molar-refractivity contribution < 1.29 is 14.3 Å². The standard InChI is InChI=1S/C18H18N2O3/c1-3-13(18(22)23-4-2)15-11-20-16(10-14(15)17(19)21)12-8-6-5-7-9-12/h3,5-11H,4H2,1-2H3,(H2,19,21)/b13-3-. The molecule has 2 rings (SSSR count). The van der Waals surface area contributed by atoms with Crippen LogP contribution in [0.2, 0.25) is 0 Å². The van der Waals surface area contributed by atoms with Crippen LogP contribution in [0.5, 0.6) is 0 Å². The highest BCUT2D eigenvalue weighted by molar-refractivity contribution is 6.19. The number of nitrogens with two attached hydrogens (primary N) is 1. The van der Waals surface area contributed by atoms with Gasteiger partial charge in [0.05, 0.1) is 23.4 Å². The molecule has 2 N–H and O–H groups in total. The number of allylic oxidation sites excluding steroid dienone is 1. The fourth-order valence-electron chi connectivity index (χ4n) is 2.23. The molecule has 23 heavy (non-hydrogen) atoms. The van der Waals surface area contributed by atoms with Gasteiger partial charge in [0.25, 0.3) is 0 Å². The molecule has 5 heteroatoms. The molecule has 0 fully saturated rings. The number of carbonyl (C=O) groups is 2. The third-order valence-electron chi connectivity index (χ3n) is 3.31. The highest BCUT2D eigenvalue weighted by Crippen LogP contribution is 2.25. The molecule has 0 saturated carbocycles. The van der Waals surface area contributed by atoms with Crippen LogP contribution in [-0.2, 0) is 9.53 Å². The van der Waals surface area contributed by atoms with E-state index in [0.29, 0.717) is 11.3 Å². The van der Waals surface area contributed by atoms with Gasteiger partial charge in [0.1, 0.15) is 0 Å². The molecule has 1 amide bonds. The van der Waals surface area contributed by atoms with E-state index in [0.717, 1.165) is 5.56 Å². The van der Waals surface area contributed by atoms with Gasteiger partial charge in [0.15, 0.2) is 0 Å². The van der Waals surface area contributed by atoms with E-state index in [9.17, 15) is 9.59 Å². The van der Waals surface area contributed by atoms with Gasteiger partial charge in [0.2, 0.25) is 5.91 Å². The molecule has 0 unspecified atom stereocenters. The highest BCUT2D eigenvalue weighted by atomic mass is 16.5. The topological polar surface area (TPSA) is 82.3 Å². The summed E-state index contributed by atoms with van der Waals surface area (Å²) in [7, 11) is 0. The van der Waals surface area contributed by atoms with E-state index in [2.05, 4.69) is 4.98 Å². The Morgan fingerprint density at radius 1 is 1.22 bits per heavy atom. The minimum Gasteiger partial charge on any atom is -0.462 e. The molecule has 118 valence electrons. The number of pyridine rings is 1. The van der Waals surface area contributed by atoms with Crippen LogP contribution < -0.4 is 5.73 Å². The first-order valence-electron chi connectivity index (χ1n) is 7.27. The van der Waals surface area contributed by atoms with Gasteiger partial charge in [-0.15, -0.1) is 0 Å². The Kier molecular flexibility index (Phi) is 5.25. The van der Waals surface area contributed by atoms with Crippen LogP contribution in [0.1, 0.15) is 29.8 Å². The third-order valence-corrected chi connectivity index (χ3v) is 3.31. The molecule has 0 saturated heterocycles. The van der Waals surface area contributed by atoms with Crippen molar-refractivity contribution in [2.75, 3.05) is 6.61 Å². The largest absolute Gasteiger partial charge is 0.462 e. The Hall–Kier alpha value is -2.95. The molecule has 1 aromatic carbocycles. The van der Waals surface area contributed by atoms with E-state index in [1.54, 1.807) is 26.0 Å². The molecular weight excluding hydrogens is 292 g/mol. The van der Waals surface area contributed by atoms with Crippen LogP contribution in [0.15, 0.2) is 48.7 Å². The van der Waals surface area contributed by atoms with E-state index < -0.39 is 11.9 Å². The lowest BCUT2D eigenvalue weighted by Gasteiger charge is -2.11. The minimum atomic E-state index is -0.622. The summed E-state index contributed by atoms with van der Waals surface area (Å²) in [5.74, 6) is -1.13. The molecule has 2 aromatic rings. The first-order valence-corrected chi connectivity index (χ1v) is 7.27. The first kappa shape index (κ1) is 16.4. The SMILES string of the molecule is C/C=C(\C(=O)OCC)c1cnc(-c2ccccc2)cc1C(N)=O. The van der Waals surface area contributed by atoms with Gasteiger partial charge in [-0.2, -0.15) is 0 Å². The number of carbonyl (C=O) groups excluding carboxylic acids is 2. The lowest BCUT2D eigenvalue weighted by atomic mass is 9.99. The van der Waals surface area contributed by atoms with E-state index in [4.69, 9.17) is 10.5 Å². The van der Waals surface area contributed by atoms with Crippen molar-refractivity contribution in [1.82, 2.24) is 4.98 Å².